The van der Waals surface area contributed by atoms with Crippen molar-refractivity contribution in [3.8, 4) is 0 Å². The molecule has 108 valence electrons. The fourth-order valence-electron chi connectivity index (χ4n) is 1.70. The third kappa shape index (κ3) is 3.51. The number of carbonyl (C=O) groups excluding carboxylic acids is 1. The molecule has 4 nitrogen and oxygen atoms in total. The van der Waals surface area contributed by atoms with Crippen molar-refractivity contribution in [3.05, 3.63) is 63.4 Å². The number of aromatic carboxylic acids is 1. The van der Waals surface area contributed by atoms with Gasteiger partial charge in [0, 0.05) is 15.6 Å². The van der Waals surface area contributed by atoms with E-state index in [0.29, 0.717) is 0 Å². The minimum atomic E-state index is -1.35. The van der Waals surface area contributed by atoms with Crippen LogP contribution in [-0.4, -0.2) is 17.0 Å². The number of halogens is 3. The molecule has 7 heteroatoms. The summed E-state index contributed by atoms with van der Waals surface area (Å²) in [5.74, 6) is -2.92. The molecule has 2 aromatic rings. The molecule has 2 aromatic carbocycles. The summed E-state index contributed by atoms with van der Waals surface area (Å²) >= 11 is 11.6. The van der Waals surface area contributed by atoms with Crippen LogP contribution in [0.25, 0.3) is 0 Å². The van der Waals surface area contributed by atoms with Crippen molar-refractivity contribution in [2.45, 2.75) is 0 Å². The second-order valence-electron chi connectivity index (χ2n) is 4.08. The number of carboxylic acid groups (broad SMARTS) is 1. The number of para-hydroxylation sites is 1. The zero-order chi connectivity index (χ0) is 15.6. The van der Waals surface area contributed by atoms with Gasteiger partial charge in [-0.1, -0.05) is 29.3 Å². The molecule has 0 aliphatic rings. The van der Waals surface area contributed by atoms with E-state index in [-0.39, 0.29) is 21.2 Å². The molecule has 0 aromatic heterocycles. The molecule has 2 rings (SSSR count). The van der Waals surface area contributed by atoms with Gasteiger partial charge < -0.3 is 10.4 Å². The Bertz CT molecular complexity index is 714. The Kier molecular flexibility index (Phi) is 4.45. The molecule has 1 amide bonds. The predicted molar refractivity (Wildman–Crippen MR) is 77.8 cm³/mol. The Morgan fingerprint density at radius 2 is 1.71 bits per heavy atom. The van der Waals surface area contributed by atoms with Crippen molar-refractivity contribution in [2.24, 2.45) is 0 Å². The van der Waals surface area contributed by atoms with Gasteiger partial charge in [0.2, 0.25) is 0 Å². The number of hydrogen-bond donors (Lipinski definition) is 2. The third-order valence-electron chi connectivity index (χ3n) is 2.61. The van der Waals surface area contributed by atoms with E-state index in [2.05, 4.69) is 5.32 Å². The smallest absolute Gasteiger partial charge is 0.337 e. The highest BCUT2D eigenvalue weighted by molar-refractivity contribution is 6.35. The van der Waals surface area contributed by atoms with Crippen LogP contribution in [0.15, 0.2) is 36.4 Å². The maximum Gasteiger partial charge on any atom is 0.337 e. The van der Waals surface area contributed by atoms with Crippen LogP contribution in [0.3, 0.4) is 0 Å². The van der Waals surface area contributed by atoms with Gasteiger partial charge in [-0.05, 0) is 30.3 Å². The Hall–Kier alpha value is -2.11. The van der Waals surface area contributed by atoms with Gasteiger partial charge in [-0.3, -0.25) is 4.79 Å². The van der Waals surface area contributed by atoms with E-state index in [1.807, 2.05) is 0 Å². The number of benzene rings is 2. The third-order valence-corrected chi connectivity index (χ3v) is 3.04. The SMILES string of the molecule is O=C(Nc1c(F)cccc1C(=O)O)c1cc(Cl)cc(Cl)c1. The first-order valence-corrected chi connectivity index (χ1v) is 6.43. The molecular formula is C14H8Cl2FNO3. The van der Waals surface area contributed by atoms with E-state index in [1.54, 1.807) is 0 Å². The van der Waals surface area contributed by atoms with Crippen LogP contribution in [0.1, 0.15) is 20.7 Å². The lowest BCUT2D eigenvalue weighted by molar-refractivity contribution is 0.0697. The first kappa shape index (κ1) is 15.3. The van der Waals surface area contributed by atoms with Gasteiger partial charge in [-0.15, -0.1) is 0 Å². The maximum absolute atomic E-state index is 13.7. The van der Waals surface area contributed by atoms with E-state index in [1.165, 1.54) is 30.3 Å². The van der Waals surface area contributed by atoms with Crippen molar-refractivity contribution >= 4 is 40.8 Å². The average Bonchev–Trinajstić information content (AvgIpc) is 2.39. The molecule has 0 spiro atoms. The summed E-state index contributed by atoms with van der Waals surface area (Å²) < 4.78 is 13.7. The molecule has 0 aliphatic carbocycles. The Balaban J connectivity index is 2.38. The van der Waals surface area contributed by atoms with Crippen molar-refractivity contribution < 1.29 is 19.1 Å². The van der Waals surface area contributed by atoms with Crippen molar-refractivity contribution in [3.63, 3.8) is 0 Å². The van der Waals surface area contributed by atoms with Crippen LogP contribution in [0.5, 0.6) is 0 Å². The number of carbonyl (C=O) groups is 2. The summed E-state index contributed by atoms with van der Waals surface area (Å²) in [4.78, 5) is 23.1. The molecule has 0 atom stereocenters. The lowest BCUT2D eigenvalue weighted by Crippen LogP contribution is -2.16. The lowest BCUT2D eigenvalue weighted by atomic mass is 10.1. The number of carboxylic acids is 1. The van der Waals surface area contributed by atoms with Crippen LogP contribution < -0.4 is 5.32 Å². The molecule has 0 bridgehead atoms. The van der Waals surface area contributed by atoms with Gasteiger partial charge in [0.25, 0.3) is 5.91 Å². The second-order valence-corrected chi connectivity index (χ2v) is 4.95. The summed E-state index contributed by atoms with van der Waals surface area (Å²) in [5, 5.41) is 11.7. The van der Waals surface area contributed by atoms with E-state index in [9.17, 15) is 14.0 Å². The Morgan fingerprint density at radius 1 is 1.10 bits per heavy atom. The number of rotatable bonds is 3. The fraction of sp³-hybridized carbons (Fsp3) is 0. The van der Waals surface area contributed by atoms with Crippen molar-refractivity contribution in [1.29, 1.82) is 0 Å². The quantitative estimate of drug-likeness (QED) is 0.892. The Morgan fingerprint density at radius 3 is 2.29 bits per heavy atom. The van der Waals surface area contributed by atoms with E-state index in [0.717, 1.165) is 6.07 Å². The van der Waals surface area contributed by atoms with Gasteiger partial charge in [-0.2, -0.15) is 0 Å². The van der Waals surface area contributed by atoms with Gasteiger partial charge >= 0.3 is 5.97 Å². The zero-order valence-corrected chi connectivity index (χ0v) is 11.9. The number of nitrogens with one attached hydrogen (secondary N) is 1. The molecular weight excluding hydrogens is 320 g/mol. The second kappa shape index (κ2) is 6.11. The van der Waals surface area contributed by atoms with Crippen molar-refractivity contribution in [2.75, 3.05) is 5.32 Å². The summed E-state index contributed by atoms with van der Waals surface area (Å²) in [6, 6.07) is 7.59. The molecule has 0 saturated heterocycles. The lowest BCUT2D eigenvalue weighted by Gasteiger charge is -2.10. The zero-order valence-electron chi connectivity index (χ0n) is 10.4. The Labute approximate surface area is 129 Å². The summed E-state index contributed by atoms with van der Waals surface area (Å²) in [7, 11) is 0. The topological polar surface area (TPSA) is 66.4 Å². The van der Waals surface area contributed by atoms with E-state index >= 15 is 0 Å². The maximum atomic E-state index is 13.7. The highest BCUT2D eigenvalue weighted by Crippen LogP contribution is 2.23. The first-order valence-electron chi connectivity index (χ1n) is 5.67. The predicted octanol–water partition coefficient (Wildman–Crippen LogP) is 4.08. The van der Waals surface area contributed by atoms with Crippen LogP contribution in [0, 0.1) is 5.82 Å². The van der Waals surface area contributed by atoms with E-state index < -0.39 is 23.4 Å². The number of hydrogen-bond acceptors (Lipinski definition) is 2. The molecule has 21 heavy (non-hydrogen) atoms. The summed E-state index contributed by atoms with van der Waals surface area (Å²) in [6.07, 6.45) is 0. The molecule has 0 aliphatic heterocycles. The number of anilines is 1. The highest BCUT2D eigenvalue weighted by Gasteiger charge is 2.17. The van der Waals surface area contributed by atoms with Crippen LogP contribution in [0.2, 0.25) is 10.0 Å². The highest BCUT2D eigenvalue weighted by atomic mass is 35.5. The van der Waals surface area contributed by atoms with Crippen LogP contribution >= 0.6 is 23.2 Å². The number of amides is 1. The molecule has 0 heterocycles. The van der Waals surface area contributed by atoms with Crippen LogP contribution in [0.4, 0.5) is 10.1 Å². The minimum absolute atomic E-state index is 0.0899. The minimum Gasteiger partial charge on any atom is -0.478 e. The normalized spacial score (nSPS) is 10.2. The standard InChI is InChI=1S/C14H8Cl2FNO3/c15-8-4-7(5-9(16)6-8)13(19)18-12-10(14(20)21)2-1-3-11(12)17/h1-6H,(H,18,19)(H,20,21). The largest absolute Gasteiger partial charge is 0.478 e. The molecule has 0 unspecified atom stereocenters. The summed E-state index contributed by atoms with van der Waals surface area (Å²) in [5.41, 5.74) is -0.672. The summed E-state index contributed by atoms with van der Waals surface area (Å²) in [6.45, 7) is 0. The molecule has 0 fully saturated rings. The molecule has 0 radical (unpaired) electrons. The fourth-order valence-corrected chi connectivity index (χ4v) is 2.23. The van der Waals surface area contributed by atoms with Gasteiger partial charge in [-0.25, -0.2) is 9.18 Å². The van der Waals surface area contributed by atoms with Gasteiger partial charge in [0.1, 0.15) is 5.82 Å². The average molecular weight is 328 g/mol. The van der Waals surface area contributed by atoms with E-state index in [4.69, 9.17) is 28.3 Å². The molecule has 2 N–H and O–H groups in total. The first-order chi connectivity index (χ1) is 9.88. The van der Waals surface area contributed by atoms with Crippen molar-refractivity contribution in [1.82, 2.24) is 0 Å². The van der Waals surface area contributed by atoms with Gasteiger partial charge in [0.15, 0.2) is 0 Å². The van der Waals surface area contributed by atoms with Gasteiger partial charge in [0.05, 0.1) is 11.3 Å². The van der Waals surface area contributed by atoms with Crippen LogP contribution in [-0.2, 0) is 0 Å². The monoisotopic (exact) mass is 327 g/mol. The molecule has 0 saturated carbocycles.